The predicted octanol–water partition coefficient (Wildman–Crippen LogP) is 3.77. The van der Waals surface area contributed by atoms with Crippen LogP contribution in [0.1, 0.15) is 60.9 Å². The molecule has 4 rings (SSSR count). The highest BCUT2D eigenvalue weighted by Gasteiger charge is 2.30. The number of aliphatic carboxylic acids is 2. The average Bonchev–Trinajstić information content (AvgIpc) is 3.61. The predicted molar refractivity (Wildman–Crippen MR) is 158 cm³/mol. The molecule has 12 nitrogen and oxygen atoms in total. The summed E-state index contributed by atoms with van der Waals surface area (Å²) < 4.78 is 23.3. The fourth-order valence-corrected chi connectivity index (χ4v) is 5.42. The van der Waals surface area contributed by atoms with Crippen LogP contribution in [0, 0.1) is 18.8 Å². The summed E-state index contributed by atoms with van der Waals surface area (Å²) in [4.78, 5) is 50.9. The number of ether oxygens (including phenoxy) is 4. The number of carboxylic acids is 2. The monoisotopic (exact) mass is 612 g/mol. The zero-order valence-electron chi connectivity index (χ0n) is 25.8. The molecule has 12 heteroatoms. The largest absolute Gasteiger partial charge is 0.493 e. The first-order valence-electron chi connectivity index (χ1n) is 14.6. The number of benzene rings is 2. The van der Waals surface area contributed by atoms with Gasteiger partial charge >= 0.3 is 11.9 Å². The summed E-state index contributed by atoms with van der Waals surface area (Å²) in [6, 6.07) is 5.58. The Labute approximate surface area is 256 Å². The summed E-state index contributed by atoms with van der Waals surface area (Å²) in [6.45, 7) is 7.19. The Hall–Kier alpha value is -4.48. The molecule has 2 aliphatic rings. The van der Waals surface area contributed by atoms with Gasteiger partial charge in [0.2, 0.25) is 11.8 Å². The third kappa shape index (κ3) is 7.17. The van der Waals surface area contributed by atoms with E-state index < -0.39 is 23.8 Å². The first-order valence-corrected chi connectivity index (χ1v) is 14.6. The van der Waals surface area contributed by atoms with Gasteiger partial charge in [-0.25, -0.2) is 0 Å². The number of carbonyl (C=O) groups is 4. The van der Waals surface area contributed by atoms with Gasteiger partial charge in [0, 0.05) is 51.0 Å². The summed E-state index contributed by atoms with van der Waals surface area (Å²) in [5.74, 6) is -1.66. The van der Waals surface area contributed by atoms with E-state index in [4.69, 9.17) is 29.2 Å². The van der Waals surface area contributed by atoms with E-state index in [1.54, 1.807) is 24.0 Å². The third-order valence-corrected chi connectivity index (χ3v) is 8.15. The highest BCUT2D eigenvalue weighted by atomic mass is 16.5. The molecule has 2 heterocycles. The van der Waals surface area contributed by atoms with Gasteiger partial charge in [0.1, 0.15) is 0 Å². The molecule has 2 aromatic carbocycles. The van der Waals surface area contributed by atoms with E-state index in [2.05, 4.69) is 0 Å². The maximum Gasteiger partial charge on any atom is 0.306 e. The molecule has 0 unspecified atom stereocenters. The summed E-state index contributed by atoms with van der Waals surface area (Å²) >= 11 is 0. The Morgan fingerprint density at radius 1 is 0.727 bits per heavy atom. The van der Waals surface area contributed by atoms with Crippen LogP contribution in [0.15, 0.2) is 18.2 Å². The van der Waals surface area contributed by atoms with Gasteiger partial charge in [-0.05, 0) is 47.4 Å². The molecule has 2 N–H and O–H groups in total. The Kier molecular flexibility index (Phi) is 10.2. The first-order chi connectivity index (χ1) is 20.9. The SMILES string of the molecule is COc1cc2c(cc1OCCCOc1c(OC)cc3c(c1C)CN(C(=O)C[C@H](C)C(=O)O)C3)CN(C(=O)C[C@H](C)C(=O)O)C2. The molecule has 0 radical (unpaired) electrons. The van der Waals surface area contributed by atoms with E-state index in [9.17, 15) is 19.2 Å². The van der Waals surface area contributed by atoms with Gasteiger partial charge in [0.25, 0.3) is 0 Å². The van der Waals surface area contributed by atoms with Crippen molar-refractivity contribution in [3.05, 3.63) is 46.0 Å². The lowest BCUT2D eigenvalue weighted by Crippen LogP contribution is -2.28. The fourth-order valence-electron chi connectivity index (χ4n) is 5.42. The van der Waals surface area contributed by atoms with E-state index in [0.717, 1.165) is 27.8 Å². The molecule has 0 bridgehead atoms. The van der Waals surface area contributed by atoms with Gasteiger partial charge in [-0.15, -0.1) is 0 Å². The van der Waals surface area contributed by atoms with Crippen LogP contribution in [-0.4, -0.2) is 71.2 Å². The number of nitrogens with zero attached hydrogens (tertiary/aromatic N) is 2. The molecule has 44 heavy (non-hydrogen) atoms. The molecular weight excluding hydrogens is 572 g/mol. The van der Waals surface area contributed by atoms with Crippen LogP contribution in [0.3, 0.4) is 0 Å². The van der Waals surface area contributed by atoms with Crippen molar-refractivity contribution in [3.63, 3.8) is 0 Å². The van der Waals surface area contributed by atoms with Crippen LogP contribution >= 0.6 is 0 Å². The van der Waals surface area contributed by atoms with Crippen LogP contribution in [0.2, 0.25) is 0 Å². The molecule has 0 aromatic heterocycles. The van der Waals surface area contributed by atoms with Crippen molar-refractivity contribution in [2.75, 3.05) is 27.4 Å². The lowest BCUT2D eigenvalue weighted by atomic mass is 10.0. The molecule has 0 saturated carbocycles. The number of hydrogen-bond donors (Lipinski definition) is 2. The van der Waals surface area contributed by atoms with E-state index in [1.165, 1.54) is 13.8 Å². The van der Waals surface area contributed by atoms with E-state index >= 15 is 0 Å². The minimum Gasteiger partial charge on any atom is -0.493 e. The van der Waals surface area contributed by atoms with Crippen LogP contribution in [0.4, 0.5) is 0 Å². The van der Waals surface area contributed by atoms with Gasteiger partial charge in [0.05, 0.1) is 39.3 Å². The van der Waals surface area contributed by atoms with Crippen LogP contribution in [0.25, 0.3) is 0 Å². The van der Waals surface area contributed by atoms with Gasteiger partial charge in [-0.3, -0.25) is 19.2 Å². The molecule has 0 spiro atoms. The van der Waals surface area contributed by atoms with E-state index in [-0.39, 0.29) is 24.7 Å². The smallest absolute Gasteiger partial charge is 0.306 e. The molecular formula is C32H40N2O10. The summed E-state index contributed by atoms with van der Waals surface area (Å²) in [6.07, 6.45) is 0.441. The van der Waals surface area contributed by atoms with Crippen molar-refractivity contribution >= 4 is 23.8 Å². The number of rotatable bonds is 14. The third-order valence-electron chi connectivity index (χ3n) is 8.15. The van der Waals surface area contributed by atoms with Crippen molar-refractivity contribution in [1.82, 2.24) is 9.80 Å². The maximum absolute atomic E-state index is 12.7. The number of amides is 2. The van der Waals surface area contributed by atoms with Crippen molar-refractivity contribution < 1.29 is 48.3 Å². The second-order valence-corrected chi connectivity index (χ2v) is 11.4. The highest BCUT2D eigenvalue weighted by molar-refractivity contribution is 5.83. The quantitative estimate of drug-likeness (QED) is 0.302. The second-order valence-electron chi connectivity index (χ2n) is 11.4. The number of methoxy groups -OCH3 is 2. The van der Waals surface area contributed by atoms with Crippen molar-refractivity contribution in [3.8, 4) is 23.0 Å². The number of hydrogen-bond acceptors (Lipinski definition) is 8. The Morgan fingerprint density at radius 2 is 1.20 bits per heavy atom. The van der Waals surface area contributed by atoms with Crippen LogP contribution < -0.4 is 18.9 Å². The van der Waals surface area contributed by atoms with Crippen LogP contribution in [-0.2, 0) is 45.4 Å². The molecule has 0 fully saturated rings. The molecule has 2 atom stereocenters. The molecule has 238 valence electrons. The lowest BCUT2D eigenvalue weighted by molar-refractivity contribution is -0.145. The zero-order chi connectivity index (χ0) is 32.1. The molecule has 2 aromatic rings. The lowest BCUT2D eigenvalue weighted by Gasteiger charge is -2.17. The zero-order valence-corrected chi connectivity index (χ0v) is 25.8. The van der Waals surface area contributed by atoms with E-state index in [1.807, 2.05) is 25.1 Å². The van der Waals surface area contributed by atoms with Gasteiger partial charge in [0.15, 0.2) is 23.0 Å². The van der Waals surface area contributed by atoms with Gasteiger partial charge < -0.3 is 39.0 Å². The number of carbonyl (C=O) groups excluding carboxylic acids is 2. The Balaban J connectivity index is 1.33. The van der Waals surface area contributed by atoms with Gasteiger partial charge in [-0.2, -0.15) is 0 Å². The highest BCUT2D eigenvalue weighted by Crippen LogP contribution is 2.40. The Bertz CT molecular complexity index is 1440. The maximum atomic E-state index is 12.7. The second kappa shape index (κ2) is 13.9. The number of carboxylic acid groups (broad SMARTS) is 2. The Morgan fingerprint density at radius 3 is 1.75 bits per heavy atom. The normalized spacial score (nSPS) is 14.8. The summed E-state index contributed by atoms with van der Waals surface area (Å²) in [5.41, 5.74) is 4.66. The molecule has 2 aliphatic heterocycles. The first kappa shape index (κ1) is 32.4. The van der Waals surface area contributed by atoms with Crippen molar-refractivity contribution in [2.45, 2.75) is 66.2 Å². The molecule has 2 amide bonds. The standard InChI is InChI=1S/C32H40N2O10/c1-18(31(37)38)9-28(35)33-14-21-11-25(41-4)26(12-22(21)15-33)43-7-6-8-44-30-20(3)24-17-34(16-23(24)13-27(30)42-5)29(36)10-19(2)32(39)40/h11-13,18-19H,6-10,14-17H2,1-5H3,(H,37,38)(H,39,40)/t18-,19-/m0/s1. The van der Waals surface area contributed by atoms with Crippen LogP contribution in [0.5, 0.6) is 23.0 Å². The topological polar surface area (TPSA) is 152 Å². The fraction of sp³-hybridized carbons (Fsp3) is 0.500. The van der Waals surface area contributed by atoms with Crippen molar-refractivity contribution in [1.29, 1.82) is 0 Å². The summed E-state index contributed by atoms with van der Waals surface area (Å²) in [5, 5.41) is 18.3. The minimum atomic E-state index is -0.996. The number of fused-ring (bicyclic) bond motifs is 2. The van der Waals surface area contributed by atoms with Crippen molar-refractivity contribution in [2.24, 2.45) is 11.8 Å². The molecule has 0 saturated heterocycles. The average molecular weight is 613 g/mol. The molecule has 0 aliphatic carbocycles. The van der Waals surface area contributed by atoms with Gasteiger partial charge in [-0.1, -0.05) is 13.8 Å². The minimum absolute atomic E-state index is 0.0548. The summed E-state index contributed by atoms with van der Waals surface area (Å²) in [7, 11) is 3.11. The van der Waals surface area contributed by atoms with E-state index in [0.29, 0.717) is 68.8 Å².